The molecule has 0 amide bonds. The van der Waals surface area contributed by atoms with Gasteiger partial charge in [-0.2, -0.15) is 0 Å². The second-order valence-electron chi connectivity index (χ2n) is 12.0. The van der Waals surface area contributed by atoms with Gasteiger partial charge < -0.3 is 15.0 Å². The number of non-ortho nitro benzene ring substituents is 3. The van der Waals surface area contributed by atoms with Crippen LogP contribution in [0, 0.1) is 47.8 Å². The molecule has 53 heavy (non-hydrogen) atoms. The molecule has 1 aliphatic rings. The van der Waals surface area contributed by atoms with E-state index in [0.717, 1.165) is 30.3 Å². The van der Waals surface area contributed by atoms with Crippen LogP contribution in [0.5, 0.6) is 0 Å². The number of aromatic nitrogens is 4. The number of nitro benzene ring substituents is 3. The van der Waals surface area contributed by atoms with Gasteiger partial charge in [0.2, 0.25) is 0 Å². The fraction of sp³-hybridized carbons (Fsp3) is 0. The summed E-state index contributed by atoms with van der Waals surface area (Å²) in [5.41, 5.74) is 1.82. The first kappa shape index (κ1) is 32.6. The van der Waals surface area contributed by atoms with E-state index in [9.17, 15) is 30.3 Å². The first-order chi connectivity index (χ1) is 25.5. The molecular weight excluding hydrogens is 695 g/mol. The lowest BCUT2D eigenvalue weighted by molar-refractivity contribution is -0.385. The molecule has 0 unspecified atom stereocenters. The minimum Gasteiger partial charge on any atom is -0.354 e. The molecule has 0 radical (unpaired) electrons. The normalized spacial score (nSPS) is 11.7. The van der Waals surface area contributed by atoms with Crippen LogP contribution >= 0.6 is 0 Å². The summed E-state index contributed by atoms with van der Waals surface area (Å²) in [7, 11) is 0. The maximum atomic E-state index is 15.9. The summed E-state index contributed by atoms with van der Waals surface area (Å²) in [5, 5.41) is 34.3. The Morgan fingerprint density at radius 3 is 1.13 bits per heavy atom. The molecule has 5 heterocycles. The van der Waals surface area contributed by atoms with E-state index in [4.69, 9.17) is 4.98 Å². The van der Waals surface area contributed by atoms with Gasteiger partial charge in [0, 0.05) is 79.2 Å². The zero-order valence-corrected chi connectivity index (χ0v) is 26.7. The van der Waals surface area contributed by atoms with Gasteiger partial charge in [0.15, 0.2) is 0 Å². The van der Waals surface area contributed by atoms with Crippen molar-refractivity contribution in [3.63, 3.8) is 0 Å². The van der Waals surface area contributed by atoms with Gasteiger partial charge in [0.05, 0.1) is 49.9 Å². The van der Waals surface area contributed by atoms with Gasteiger partial charge in [-0.3, -0.25) is 30.3 Å². The Bertz CT molecular complexity index is 2890. The van der Waals surface area contributed by atoms with E-state index < -0.39 is 49.3 Å². The lowest BCUT2D eigenvalue weighted by Crippen LogP contribution is -1.93. The van der Waals surface area contributed by atoms with Gasteiger partial charge in [-0.1, -0.05) is 0 Å². The van der Waals surface area contributed by atoms with Crippen molar-refractivity contribution in [2.24, 2.45) is 0 Å². The number of nitrogens with one attached hydrogen (secondary N) is 3. The van der Waals surface area contributed by atoms with Crippen LogP contribution in [0.2, 0.25) is 0 Å². The third-order valence-corrected chi connectivity index (χ3v) is 8.88. The number of nitrogens with zero attached hydrogens (tertiary/aromatic N) is 4. The van der Waals surface area contributed by atoms with Crippen molar-refractivity contribution in [1.29, 1.82) is 0 Å². The van der Waals surface area contributed by atoms with Gasteiger partial charge in [-0.25, -0.2) is 18.2 Å². The van der Waals surface area contributed by atoms with Crippen LogP contribution in [0.4, 0.5) is 30.2 Å². The standard InChI is InChI=1S/C37H20F3N7O6/c38-24-15-18(45(48)49)1-4-21(24)35-29-9-7-27(41-29)28-8-10-30(42-28)36(22-5-2-19(46(50)51)16-25(22)39)32-12-14-34(44-32)37(33-13-11-31(35)43-33)23-6-3-20(47(52)53)17-26(23)40/h1-17,41,43-44H. The summed E-state index contributed by atoms with van der Waals surface area (Å²) in [6, 6.07) is 19.3. The van der Waals surface area contributed by atoms with E-state index in [2.05, 4.69) is 15.0 Å². The number of halogens is 3. The minimum absolute atomic E-state index is 0.00707. The van der Waals surface area contributed by atoms with Gasteiger partial charge in [0.25, 0.3) is 17.1 Å². The summed E-state index contributed by atoms with van der Waals surface area (Å²) >= 11 is 0. The average molecular weight is 716 g/mol. The molecule has 3 N–H and O–H groups in total. The minimum atomic E-state index is -0.938. The third kappa shape index (κ3) is 5.59. The van der Waals surface area contributed by atoms with Crippen molar-refractivity contribution in [1.82, 2.24) is 19.9 Å². The van der Waals surface area contributed by atoms with E-state index in [1.807, 2.05) is 0 Å². The second-order valence-corrected chi connectivity index (χ2v) is 12.0. The monoisotopic (exact) mass is 715 g/mol. The largest absolute Gasteiger partial charge is 0.354 e. The molecular formula is C37H20F3N7O6. The molecule has 4 aromatic heterocycles. The first-order valence-electron chi connectivity index (χ1n) is 15.6. The molecule has 0 atom stereocenters. The molecule has 8 bridgehead atoms. The van der Waals surface area contributed by atoms with Crippen molar-refractivity contribution in [2.75, 3.05) is 0 Å². The highest BCUT2D eigenvalue weighted by molar-refractivity contribution is 6.00. The van der Waals surface area contributed by atoms with Crippen molar-refractivity contribution in [2.45, 2.75) is 0 Å². The van der Waals surface area contributed by atoms with Crippen LogP contribution < -0.4 is 0 Å². The Balaban J connectivity index is 1.54. The molecule has 16 heteroatoms. The fourth-order valence-corrected chi connectivity index (χ4v) is 6.47. The number of benzene rings is 3. The molecule has 7 aromatic rings. The van der Waals surface area contributed by atoms with Crippen LogP contribution in [0.1, 0.15) is 11.4 Å². The molecule has 260 valence electrons. The molecule has 8 rings (SSSR count). The summed E-state index contributed by atoms with van der Waals surface area (Å²) in [5.74, 6) is -2.73. The number of H-pyrrole nitrogens is 3. The topological polar surface area (TPSA) is 190 Å². The summed E-state index contributed by atoms with van der Waals surface area (Å²) < 4.78 is 47.3. The lowest BCUT2D eigenvalue weighted by atomic mass is 10.0. The van der Waals surface area contributed by atoms with Crippen LogP contribution in [0.15, 0.2) is 91.0 Å². The highest BCUT2D eigenvalue weighted by Crippen LogP contribution is 2.39. The maximum absolute atomic E-state index is 15.9. The molecule has 13 nitrogen and oxygen atoms in total. The number of fused-ring (bicyclic) bond motifs is 9. The molecule has 3 aromatic carbocycles. The van der Waals surface area contributed by atoms with Crippen LogP contribution in [-0.2, 0) is 0 Å². The third-order valence-electron chi connectivity index (χ3n) is 8.88. The number of nitro groups is 3. The number of hydrogen-bond donors (Lipinski definition) is 3. The van der Waals surface area contributed by atoms with E-state index in [-0.39, 0.29) is 50.1 Å². The molecule has 1 aliphatic heterocycles. The maximum Gasteiger partial charge on any atom is 0.272 e. The lowest BCUT2D eigenvalue weighted by Gasteiger charge is -2.07. The van der Waals surface area contributed by atoms with Crippen LogP contribution in [-0.4, -0.2) is 34.7 Å². The van der Waals surface area contributed by atoms with Gasteiger partial charge >= 0.3 is 0 Å². The Kier molecular flexibility index (Phi) is 7.56. The number of hydrogen-bond acceptors (Lipinski definition) is 7. The van der Waals surface area contributed by atoms with Crippen LogP contribution in [0.25, 0.3) is 78.6 Å². The van der Waals surface area contributed by atoms with E-state index in [1.54, 1.807) is 48.6 Å². The van der Waals surface area contributed by atoms with E-state index in [1.165, 1.54) is 24.3 Å². The summed E-state index contributed by atoms with van der Waals surface area (Å²) in [6.07, 6.45) is 3.28. The van der Waals surface area contributed by atoms with E-state index >= 15 is 13.2 Å². The Morgan fingerprint density at radius 1 is 0.434 bits per heavy atom. The van der Waals surface area contributed by atoms with Gasteiger partial charge in [-0.15, -0.1) is 0 Å². The zero-order valence-electron chi connectivity index (χ0n) is 26.7. The number of rotatable bonds is 6. The highest BCUT2D eigenvalue weighted by atomic mass is 19.1. The highest BCUT2D eigenvalue weighted by Gasteiger charge is 2.21. The SMILES string of the molecule is O=[N+]([O-])c1ccc(-c2c3nc(c4ccc([nH]4)c(-c4ccc([N+](=O)[O-])cc4F)c4ccc([nH]4)c(-c4ccc([N+](=O)[O-])cc4F)c4ccc2[nH]4)C=C3)c(F)c1. The van der Waals surface area contributed by atoms with Crippen LogP contribution in [0.3, 0.4) is 0 Å². The summed E-state index contributed by atoms with van der Waals surface area (Å²) in [4.78, 5) is 46.5. The first-order valence-corrected chi connectivity index (χ1v) is 15.6. The van der Waals surface area contributed by atoms with Crippen molar-refractivity contribution >= 4 is 62.3 Å². The van der Waals surface area contributed by atoms with Crippen molar-refractivity contribution < 1.29 is 27.9 Å². The summed E-state index contributed by atoms with van der Waals surface area (Å²) in [6.45, 7) is 0. The van der Waals surface area contributed by atoms with Crippen molar-refractivity contribution in [3.8, 4) is 33.4 Å². The fourth-order valence-electron chi connectivity index (χ4n) is 6.47. The predicted molar refractivity (Wildman–Crippen MR) is 191 cm³/mol. The van der Waals surface area contributed by atoms with Gasteiger partial charge in [0.1, 0.15) is 17.5 Å². The zero-order chi connectivity index (χ0) is 37.1. The molecule has 0 fully saturated rings. The second kappa shape index (κ2) is 12.3. The quantitative estimate of drug-likeness (QED) is 0.113. The molecule has 0 saturated heterocycles. The Hall–Kier alpha value is -7.62. The average Bonchev–Trinajstić information content (AvgIpc) is 3.96. The Morgan fingerprint density at radius 2 is 0.755 bits per heavy atom. The van der Waals surface area contributed by atoms with Crippen molar-refractivity contribution in [3.05, 3.63) is 150 Å². The molecule has 0 aliphatic carbocycles. The van der Waals surface area contributed by atoms with Gasteiger partial charge in [-0.05, 0) is 66.7 Å². The molecule has 0 spiro atoms. The smallest absolute Gasteiger partial charge is 0.272 e. The Labute approximate surface area is 293 Å². The number of aromatic amines is 3. The van der Waals surface area contributed by atoms with E-state index in [0.29, 0.717) is 27.8 Å². The molecule has 0 saturated carbocycles. The predicted octanol–water partition coefficient (Wildman–Crippen LogP) is 9.84.